The van der Waals surface area contributed by atoms with E-state index in [1.807, 2.05) is 6.07 Å². The third kappa shape index (κ3) is 3.23. The molecule has 0 fully saturated rings. The SMILES string of the molecule is C[C@@H](Oc1ccc(C(=O)c2ccccc2)cc1)C(=O)O. The first-order chi connectivity index (χ1) is 9.58. The van der Waals surface area contributed by atoms with Crippen LogP contribution in [-0.4, -0.2) is 23.0 Å². The van der Waals surface area contributed by atoms with Gasteiger partial charge in [0.2, 0.25) is 0 Å². The topological polar surface area (TPSA) is 63.6 Å². The fourth-order valence-electron chi connectivity index (χ4n) is 1.70. The second kappa shape index (κ2) is 6.02. The lowest BCUT2D eigenvalue weighted by atomic mass is 10.0. The first-order valence-electron chi connectivity index (χ1n) is 6.17. The van der Waals surface area contributed by atoms with Crippen molar-refractivity contribution < 1.29 is 19.4 Å². The van der Waals surface area contributed by atoms with Gasteiger partial charge in [-0.15, -0.1) is 0 Å². The number of ether oxygens (including phenoxy) is 1. The summed E-state index contributed by atoms with van der Waals surface area (Å²) < 4.78 is 5.21. The van der Waals surface area contributed by atoms with E-state index in [1.54, 1.807) is 48.5 Å². The summed E-state index contributed by atoms with van der Waals surface area (Å²) in [6, 6.07) is 15.4. The standard InChI is InChI=1S/C16H14O4/c1-11(16(18)19)20-14-9-7-13(8-10-14)15(17)12-5-3-2-4-6-12/h2-11H,1H3,(H,18,19)/t11-/m1/s1. The molecule has 0 spiro atoms. The highest BCUT2D eigenvalue weighted by Crippen LogP contribution is 2.16. The van der Waals surface area contributed by atoms with Crippen LogP contribution in [0.2, 0.25) is 0 Å². The minimum atomic E-state index is -1.03. The Kier molecular flexibility index (Phi) is 4.15. The van der Waals surface area contributed by atoms with Crippen LogP contribution in [0.25, 0.3) is 0 Å². The Morgan fingerprint density at radius 1 is 0.950 bits per heavy atom. The van der Waals surface area contributed by atoms with E-state index in [-0.39, 0.29) is 5.78 Å². The van der Waals surface area contributed by atoms with Crippen LogP contribution >= 0.6 is 0 Å². The fraction of sp³-hybridized carbons (Fsp3) is 0.125. The van der Waals surface area contributed by atoms with Gasteiger partial charge in [0.1, 0.15) is 5.75 Å². The Bertz CT molecular complexity index is 602. The lowest BCUT2D eigenvalue weighted by molar-refractivity contribution is -0.144. The van der Waals surface area contributed by atoms with Crippen molar-refractivity contribution in [2.75, 3.05) is 0 Å². The van der Waals surface area contributed by atoms with Gasteiger partial charge in [-0.2, -0.15) is 0 Å². The molecule has 4 nitrogen and oxygen atoms in total. The van der Waals surface area contributed by atoms with Crippen LogP contribution in [0.4, 0.5) is 0 Å². The predicted molar refractivity (Wildman–Crippen MR) is 74.0 cm³/mol. The van der Waals surface area contributed by atoms with Crippen LogP contribution in [0.3, 0.4) is 0 Å². The zero-order chi connectivity index (χ0) is 14.5. The monoisotopic (exact) mass is 270 g/mol. The van der Waals surface area contributed by atoms with Crippen molar-refractivity contribution in [2.45, 2.75) is 13.0 Å². The van der Waals surface area contributed by atoms with Gasteiger partial charge >= 0.3 is 5.97 Å². The van der Waals surface area contributed by atoms with Crippen molar-refractivity contribution in [1.29, 1.82) is 0 Å². The molecule has 4 heteroatoms. The summed E-state index contributed by atoms with van der Waals surface area (Å²) in [4.78, 5) is 22.8. The molecule has 1 atom stereocenters. The van der Waals surface area contributed by atoms with Crippen molar-refractivity contribution in [3.05, 3.63) is 65.7 Å². The minimum Gasteiger partial charge on any atom is -0.479 e. The lowest BCUT2D eigenvalue weighted by Gasteiger charge is -2.10. The molecule has 0 aliphatic heterocycles. The molecule has 0 heterocycles. The van der Waals surface area contributed by atoms with Crippen LogP contribution in [-0.2, 0) is 4.79 Å². The molecule has 0 aromatic heterocycles. The first-order valence-corrected chi connectivity index (χ1v) is 6.17. The number of ketones is 1. The molecule has 0 radical (unpaired) electrons. The lowest BCUT2D eigenvalue weighted by Crippen LogP contribution is -2.22. The Morgan fingerprint density at radius 2 is 1.50 bits per heavy atom. The van der Waals surface area contributed by atoms with Crippen molar-refractivity contribution in [3.63, 3.8) is 0 Å². The molecule has 0 aliphatic carbocycles. The molecule has 0 amide bonds. The van der Waals surface area contributed by atoms with Crippen LogP contribution < -0.4 is 4.74 Å². The maximum Gasteiger partial charge on any atom is 0.344 e. The van der Waals surface area contributed by atoms with Gasteiger partial charge in [0, 0.05) is 11.1 Å². The molecule has 0 bridgehead atoms. The Balaban J connectivity index is 2.12. The number of benzene rings is 2. The number of aliphatic carboxylic acids is 1. The molecule has 2 rings (SSSR count). The Hall–Kier alpha value is -2.62. The minimum absolute atomic E-state index is 0.0802. The summed E-state index contributed by atoms with van der Waals surface area (Å²) in [5, 5.41) is 8.76. The Morgan fingerprint density at radius 3 is 2.05 bits per heavy atom. The molecule has 0 saturated carbocycles. The van der Waals surface area contributed by atoms with E-state index < -0.39 is 12.1 Å². The number of carbonyl (C=O) groups excluding carboxylic acids is 1. The first kappa shape index (κ1) is 13.8. The van der Waals surface area contributed by atoms with Crippen molar-refractivity contribution in [3.8, 4) is 5.75 Å². The molecule has 0 unspecified atom stereocenters. The second-order valence-corrected chi connectivity index (χ2v) is 4.32. The normalized spacial score (nSPS) is 11.7. The maximum absolute atomic E-state index is 12.2. The highest BCUT2D eigenvalue weighted by atomic mass is 16.5. The second-order valence-electron chi connectivity index (χ2n) is 4.32. The summed E-state index contributed by atoms with van der Waals surface area (Å²) in [6.07, 6.45) is -0.925. The number of hydrogen-bond donors (Lipinski definition) is 1. The Labute approximate surface area is 116 Å². The highest BCUT2D eigenvalue weighted by molar-refractivity contribution is 6.08. The van der Waals surface area contributed by atoms with Crippen LogP contribution in [0.15, 0.2) is 54.6 Å². The van der Waals surface area contributed by atoms with E-state index in [1.165, 1.54) is 6.92 Å². The molecule has 0 saturated heterocycles. The maximum atomic E-state index is 12.2. The molecular weight excluding hydrogens is 256 g/mol. The highest BCUT2D eigenvalue weighted by Gasteiger charge is 2.13. The number of carbonyl (C=O) groups is 2. The zero-order valence-corrected chi connectivity index (χ0v) is 10.9. The molecule has 20 heavy (non-hydrogen) atoms. The van der Waals surface area contributed by atoms with Crippen molar-refractivity contribution in [1.82, 2.24) is 0 Å². The van der Waals surface area contributed by atoms with Gasteiger partial charge in [0.05, 0.1) is 0 Å². The van der Waals surface area contributed by atoms with E-state index in [0.717, 1.165) is 0 Å². The summed E-state index contributed by atoms with van der Waals surface area (Å²) in [6.45, 7) is 1.45. The summed E-state index contributed by atoms with van der Waals surface area (Å²) in [7, 11) is 0. The summed E-state index contributed by atoms with van der Waals surface area (Å²) in [5.74, 6) is -0.692. The molecule has 102 valence electrons. The fourth-order valence-corrected chi connectivity index (χ4v) is 1.70. The average molecular weight is 270 g/mol. The molecule has 2 aromatic carbocycles. The quantitative estimate of drug-likeness (QED) is 0.848. The number of carboxylic acid groups (broad SMARTS) is 1. The molecule has 2 aromatic rings. The van der Waals surface area contributed by atoms with Gasteiger partial charge in [0.25, 0.3) is 0 Å². The zero-order valence-electron chi connectivity index (χ0n) is 10.9. The van der Waals surface area contributed by atoms with Crippen LogP contribution in [0.1, 0.15) is 22.8 Å². The third-order valence-corrected chi connectivity index (χ3v) is 2.81. The van der Waals surface area contributed by atoms with E-state index in [9.17, 15) is 9.59 Å². The van der Waals surface area contributed by atoms with Crippen molar-refractivity contribution >= 4 is 11.8 Å². The van der Waals surface area contributed by atoms with E-state index >= 15 is 0 Å². The van der Waals surface area contributed by atoms with E-state index in [4.69, 9.17) is 9.84 Å². The molecule has 0 aliphatic rings. The molecular formula is C16H14O4. The van der Waals surface area contributed by atoms with Gasteiger partial charge in [-0.3, -0.25) is 4.79 Å². The van der Waals surface area contributed by atoms with Gasteiger partial charge < -0.3 is 9.84 Å². The predicted octanol–water partition coefficient (Wildman–Crippen LogP) is 2.77. The largest absolute Gasteiger partial charge is 0.479 e. The summed E-state index contributed by atoms with van der Waals surface area (Å²) >= 11 is 0. The van der Waals surface area contributed by atoms with Gasteiger partial charge in [0.15, 0.2) is 11.9 Å². The number of rotatable bonds is 5. The van der Waals surface area contributed by atoms with Gasteiger partial charge in [-0.05, 0) is 31.2 Å². The number of hydrogen-bond acceptors (Lipinski definition) is 3. The average Bonchev–Trinajstić information content (AvgIpc) is 2.48. The third-order valence-electron chi connectivity index (χ3n) is 2.81. The van der Waals surface area contributed by atoms with Gasteiger partial charge in [-0.25, -0.2) is 4.79 Å². The number of carboxylic acids is 1. The van der Waals surface area contributed by atoms with Crippen LogP contribution in [0.5, 0.6) is 5.75 Å². The van der Waals surface area contributed by atoms with E-state index in [2.05, 4.69) is 0 Å². The van der Waals surface area contributed by atoms with E-state index in [0.29, 0.717) is 16.9 Å². The van der Waals surface area contributed by atoms with Crippen molar-refractivity contribution in [2.24, 2.45) is 0 Å². The van der Waals surface area contributed by atoms with Gasteiger partial charge in [-0.1, -0.05) is 30.3 Å². The molecule has 1 N–H and O–H groups in total. The van der Waals surface area contributed by atoms with Crippen LogP contribution in [0, 0.1) is 0 Å². The smallest absolute Gasteiger partial charge is 0.344 e. The summed E-state index contributed by atoms with van der Waals surface area (Å²) in [5.41, 5.74) is 1.15.